The van der Waals surface area contributed by atoms with Crippen LogP contribution in [0, 0.1) is 16.7 Å². The third kappa shape index (κ3) is 4.15. The molecule has 1 aliphatic heterocycles. The van der Waals surface area contributed by atoms with Gasteiger partial charge in [0.15, 0.2) is 0 Å². The average Bonchev–Trinajstić information content (AvgIpc) is 2.77. The summed E-state index contributed by atoms with van der Waals surface area (Å²) in [5.74, 6) is 0.219. The van der Waals surface area contributed by atoms with E-state index in [9.17, 15) is 31.5 Å². The predicted octanol–water partition coefficient (Wildman–Crippen LogP) is 3.70. The Kier molecular flexibility index (Phi) is 5.80. The summed E-state index contributed by atoms with van der Waals surface area (Å²) in [7, 11) is -4.07. The summed E-state index contributed by atoms with van der Waals surface area (Å²) in [5, 5.41) is 13.8. The van der Waals surface area contributed by atoms with Crippen molar-refractivity contribution in [2.24, 2.45) is 16.7 Å². The molecule has 0 radical (unpaired) electrons. The van der Waals surface area contributed by atoms with Gasteiger partial charge in [0, 0.05) is 24.5 Å². The van der Waals surface area contributed by atoms with Gasteiger partial charge in [0.25, 0.3) is 0 Å². The molecule has 1 aromatic carbocycles. The number of benzene rings is 1. The number of aliphatic hydroxyl groups excluding tert-OH is 1. The Hall–Kier alpha value is -1.65. The van der Waals surface area contributed by atoms with Gasteiger partial charge >= 0.3 is 6.18 Å². The molecule has 188 valence electrons. The number of amides is 1. The number of nitrogens with zero attached hydrogens (tertiary/aromatic N) is 1. The van der Waals surface area contributed by atoms with Crippen LogP contribution in [0.5, 0.6) is 0 Å². The van der Waals surface area contributed by atoms with E-state index in [1.807, 2.05) is 0 Å². The van der Waals surface area contributed by atoms with Crippen LogP contribution in [0.3, 0.4) is 0 Å². The Labute approximate surface area is 197 Å². The zero-order chi connectivity index (χ0) is 24.4. The molecular formula is C24H31F3N2O4S. The molecule has 1 spiro atoms. The first-order chi connectivity index (χ1) is 15.9. The minimum absolute atomic E-state index is 0.0932. The van der Waals surface area contributed by atoms with E-state index in [1.54, 1.807) is 0 Å². The van der Waals surface area contributed by atoms with Gasteiger partial charge in [0.05, 0.1) is 10.5 Å². The highest BCUT2D eigenvalue weighted by Gasteiger charge is 2.64. The van der Waals surface area contributed by atoms with Gasteiger partial charge in [-0.05, 0) is 74.5 Å². The fourth-order valence-corrected chi connectivity index (χ4v) is 8.84. The van der Waals surface area contributed by atoms with Crippen molar-refractivity contribution in [3.05, 3.63) is 29.8 Å². The lowest BCUT2D eigenvalue weighted by Gasteiger charge is -2.66. The molecule has 6 rings (SSSR count). The number of alkyl halides is 3. The molecule has 1 heterocycles. The monoisotopic (exact) mass is 500 g/mol. The maximum Gasteiger partial charge on any atom is 0.416 e. The minimum atomic E-state index is -4.62. The van der Waals surface area contributed by atoms with Crippen LogP contribution in [0.2, 0.25) is 0 Å². The van der Waals surface area contributed by atoms with Crippen LogP contribution in [0.15, 0.2) is 29.2 Å². The summed E-state index contributed by atoms with van der Waals surface area (Å²) in [6.45, 7) is 0.186. The number of carbonyl (C=O) groups excluding carboxylic acids is 1. The lowest BCUT2D eigenvalue weighted by Crippen LogP contribution is -2.63. The number of hydrogen-bond acceptors (Lipinski definition) is 4. The molecule has 2 N–H and O–H groups in total. The zero-order valence-corrected chi connectivity index (χ0v) is 19.8. The van der Waals surface area contributed by atoms with Crippen molar-refractivity contribution >= 4 is 15.9 Å². The number of rotatable bonds is 5. The van der Waals surface area contributed by atoms with E-state index in [1.165, 1.54) is 31.7 Å². The van der Waals surface area contributed by atoms with Crippen LogP contribution in [-0.4, -0.2) is 49.0 Å². The van der Waals surface area contributed by atoms with E-state index in [4.69, 9.17) is 0 Å². The highest BCUT2D eigenvalue weighted by atomic mass is 32.2. The van der Waals surface area contributed by atoms with E-state index >= 15 is 0 Å². The van der Waals surface area contributed by atoms with Crippen molar-refractivity contribution in [2.75, 3.05) is 13.1 Å². The largest absolute Gasteiger partial charge is 0.416 e. The summed E-state index contributed by atoms with van der Waals surface area (Å²) in [5.41, 5.74) is -0.999. The maximum atomic E-state index is 13.0. The van der Waals surface area contributed by atoms with E-state index < -0.39 is 27.9 Å². The van der Waals surface area contributed by atoms with Crippen molar-refractivity contribution < 1.29 is 31.5 Å². The Balaban J connectivity index is 1.18. The topological polar surface area (TPSA) is 86.7 Å². The van der Waals surface area contributed by atoms with Gasteiger partial charge in [-0.2, -0.15) is 17.5 Å². The highest BCUT2D eigenvalue weighted by Crippen LogP contribution is 2.70. The molecule has 0 aromatic heterocycles. The van der Waals surface area contributed by atoms with Gasteiger partial charge < -0.3 is 10.4 Å². The lowest BCUT2D eigenvalue weighted by molar-refractivity contribution is -0.199. The Morgan fingerprint density at radius 1 is 1.15 bits per heavy atom. The molecule has 5 fully saturated rings. The average molecular weight is 501 g/mol. The van der Waals surface area contributed by atoms with Gasteiger partial charge in [0.2, 0.25) is 15.9 Å². The quantitative estimate of drug-likeness (QED) is 0.646. The smallest absolute Gasteiger partial charge is 0.383 e. The second-order valence-corrected chi connectivity index (χ2v) is 12.9. The zero-order valence-electron chi connectivity index (χ0n) is 19.0. The number of hydrogen-bond donors (Lipinski definition) is 2. The molecule has 4 saturated carbocycles. The lowest BCUT2D eigenvalue weighted by atomic mass is 9.39. The first-order valence-electron chi connectivity index (χ1n) is 12.1. The van der Waals surface area contributed by atoms with Gasteiger partial charge in [-0.3, -0.25) is 4.79 Å². The molecule has 1 amide bonds. The summed E-state index contributed by atoms with van der Waals surface area (Å²) < 4.78 is 65.9. The van der Waals surface area contributed by atoms with Crippen molar-refractivity contribution in [3.63, 3.8) is 0 Å². The number of halogens is 3. The van der Waals surface area contributed by atoms with E-state index in [2.05, 4.69) is 5.32 Å². The maximum absolute atomic E-state index is 13.0. The number of carbonyl (C=O) groups is 1. The molecule has 3 bridgehead atoms. The van der Waals surface area contributed by atoms with Crippen molar-refractivity contribution in [2.45, 2.75) is 81.0 Å². The van der Waals surface area contributed by atoms with Crippen LogP contribution < -0.4 is 5.32 Å². The first-order valence-corrected chi connectivity index (χ1v) is 13.5. The number of piperidine rings is 1. The second kappa shape index (κ2) is 8.20. The van der Waals surface area contributed by atoms with Crippen molar-refractivity contribution in [3.8, 4) is 0 Å². The SMILES string of the molecule is O=C(NC1CCN(S(=O)(=O)c2cccc(C(F)(F)F)c2)CC1)C(O)C12CC3CCCC(C3)(C1)C2. The Morgan fingerprint density at radius 3 is 2.50 bits per heavy atom. The van der Waals surface area contributed by atoms with Crippen molar-refractivity contribution in [1.29, 1.82) is 0 Å². The number of sulfonamides is 1. The number of aliphatic hydroxyl groups is 1. The summed E-state index contributed by atoms with van der Waals surface area (Å²) in [6, 6.07) is 3.48. The van der Waals surface area contributed by atoms with Crippen LogP contribution in [-0.2, 0) is 21.0 Å². The standard InChI is InChI=1S/C24H31F3N2O4S/c25-24(26,27)17-4-1-5-19(11-17)34(32,33)29-9-6-18(7-10-29)28-21(31)20(30)23-13-16-3-2-8-22(12-16,14-23)15-23/h1,4-5,11,16,18,20,30H,2-3,6-10,12-15H2,(H,28,31). The molecule has 1 saturated heterocycles. The predicted molar refractivity (Wildman–Crippen MR) is 118 cm³/mol. The molecule has 5 aliphatic rings. The fourth-order valence-electron chi connectivity index (χ4n) is 7.32. The van der Waals surface area contributed by atoms with Gasteiger partial charge in [-0.1, -0.05) is 18.9 Å². The van der Waals surface area contributed by atoms with Crippen LogP contribution in [0.4, 0.5) is 13.2 Å². The third-order valence-electron chi connectivity index (χ3n) is 8.62. The Bertz CT molecular complexity index is 1050. The second-order valence-electron chi connectivity index (χ2n) is 11.0. The highest BCUT2D eigenvalue weighted by molar-refractivity contribution is 7.89. The molecule has 1 aromatic rings. The van der Waals surface area contributed by atoms with Gasteiger partial charge in [-0.15, -0.1) is 0 Å². The molecule has 2 atom stereocenters. The molecule has 2 unspecified atom stereocenters. The molecule has 4 aliphatic carbocycles. The first kappa shape index (κ1) is 24.1. The van der Waals surface area contributed by atoms with Gasteiger partial charge in [-0.25, -0.2) is 8.42 Å². The fraction of sp³-hybridized carbons (Fsp3) is 0.708. The third-order valence-corrected chi connectivity index (χ3v) is 10.5. The Morgan fingerprint density at radius 2 is 1.85 bits per heavy atom. The molecular weight excluding hydrogens is 469 g/mol. The van der Waals surface area contributed by atoms with Crippen LogP contribution >= 0.6 is 0 Å². The minimum Gasteiger partial charge on any atom is -0.383 e. The molecule has 10 heteroatoms. The van der Waals surface area contributed by atoms with Crippen LogP contribution in [0.1, 0.15) is 63.4 Å². The van der Waals surface area contributed by atoms with E-state index in [0.717, 1.165) is 35.7 Å². The summed E-state index contributed by atoms with van der Waals surface area (Å²) >= 11 is 0. The molecule has 34 heavy (non-hydrogen) atoms. The van der Waals surface area contributed by atoms with E-state index in [-0.39, 0.29) is 35.3 Å². The van der Waals surface area contributed by atoms with Crippen molar-refractivity contribution in [1.82, 2.24) is 9.62 Å². The van der Waals surface area contributed by atoms with Gasteiger partial charge in [0.1, 0.15) is 6.10 Å². The summed E-state index contributed by atoms with van der Waals surface area (Å²) in [6.07, 6.45) is 2.58. The number of nitrogens with one attached hydrogen (secondary N) is 1. The van der Waals surface area contributed by atoms with Crippen LogP contribution in [0.25, 0.3) is 0 Å². The molecule has 6 nitrogen and oxygen atoms in total. The normalized spacial score (nSPS) is 33.1. The van der Waals surface area contributed by atoms with E-state index in [0.29, 0.717) is 30.2 Å². The summed E-state index contributed by atoms with van der Waals surface area (Å²) in [4.78, 5) is 12.5.